The van der Waals surface area contributed by atoms with Crippen molar-refractivity contribution in [3.8, 4) is 27.4 Å². The van der Waals surface area contributed by atoms with Gasteiger partial charge in [0.2, 0.25) is 0 Å². The monoisotopic (exact) mass is 420 g/mol. The summed E-state index contributed by atoms with van der Waals surface area (Å²) in [6, 6.07) is 15.9. The standard InChI is InChI=1S/C25H28N2O2S/c1-3-5-7-9-23-26-27-25(30-23)21-13-11-19(12-14-21)20-15-17-22(18-16-20)29-24(28)10-8-6-4-2/h6,8,11-18H,3-5,7,9-10H2,1-2H3/b8-6-. The molecule has 0 saturated carbocycles. The van der Waals surface area contributed by atoms with Gasteiger partial charge in [-0.1, -0.05) is 86.6 Å². The van der Waals surface area contributed by atoms with Crippen LogP contribution in [0.15, 0.2) is 60.7 Å². The van der Waals surface area contributed by atoms with Gasteiger partial charge < -0.3 is 4.74 Å². The van der Waals surface area contributed by atoms with Gasteiger partial charge in [-0.3, -0.25) is 4.79 Å². The molecule has 0 unspecified atom stereocenters. The second-order valence-corrected chi connectivity index (χ2v) is 8.18. The number of rotatable bonds is 10. The Labute approximate surface area is 182 Å². The van der Waals surface area contributed by atoms with E-state index in [0.717, 1.165) is 39.5 Å². The van der Waals surface area contributed by atoms with Gasteiger partial charge in [0.1, 0.15) is 15.8 Å². The molecule has 2 aromatic carbocycles. The van der Waals surface area contributed by atoms with E-state index in [-0.39, 0.29) is 5.97 Å². The van der Waals surface area contributed by atoms with Crippen molar-refractivity contribution in [2.45, 2.75) is 52.4 Å². The van der Waals surface area contributed by atoms with E-state index in [1.165, 1.54) is 19.3 Å². The van der Waals surface area contributed by atoms with E-state index in [2.05, 4.69) is 41.4 Å². The van der Waals surface area contributed by atoms with E-state index in [1.54, 1.807) is 11.3 Å². The first-order valence-electron chi connectivity index (χ1n) is 10.6. The molecule has 0 bridgehead atoms. The summed E-state index contributed by atoms with van der Waals surface area (Å²) in [6.45, 7) is 4.24. The lowest BCUT2D eigenvalue weighted by atomic mass is 10.0. The third-order valence-corrected chi connectivity index (χ3v) is 5.73. The molecule has 0 aliphatic carbocycles. The lowest BCUT2D eigenvalue weighted by Gasteiger charge is -2.06. The minimum absolute atomic E-state index is 0.247. The van der Waals surface area contributed by atoms with Gasteiger partial charge in [-0.05, 0) is 36.1 Å². The highest BCUT2D eigenvalue weighted by molar-refractivity contribution is 7.14. The van der Waals surface area contributed by atoms with Crippen molar-refractivity contribution < 1.29 is 9.53 Å². The van der Waals surface area contributed by atoms with Gasteiger partial charge in [0, 0.05) is 12.0 Å². The summed E-state index contributed by atoms with van der Waals surface area (Å²) in [4.78, 5) is 11.8. The van der Waals surface area contributed by atoms with Gasteiger partial charge in [0.25, 0.3) is 0 Å². The Hall–Kier alpha value is -2.79. The van der Waals surface area contributed by atoms with E-state index < -0.39 is 0 Å². The number of hydrogen-bond acceptors (Lipinski definition) is 5. The largest absolute Gasteiger partial charge is 0.426 e. The zero-order chi connectivity index (χ0) is 21.2. The highest BCUT2D eigenvalue weighted by atomic mass is 32.1. The summed E-state index contributed by atoms with van der Waals surface area (Å²) in [5, 5.41) is 10.7. The number of allylic oxidation sites excluding steroid dienone is 1. The predicted molar refractivity (Wildman–Crippen MR) is 124 cm³/mol. The lowest BCUT2D eigenvalue weighted by Crippen LogP contribution is -2.05. The van der Waals surface area contributed by atoms with Crippen LogP contribution in [0, 0.1) is 0 Å². The van der Waals surface area contributed by atoms with Crippen molar-refractivity contribution in [3.05, 3.63) is 65.7 Å². The fraction of sp³-hybridized carbons (Fsp3) is 0.320. The molecule has 0 amide bonds. The molecule has 0 aliphatic rings. The number of benzene rings is 2. The average molecular weight is 421 g/mol. The van der Waals surface area contributed by atoms with Crippen LogP contribution in [0.5, 0.6) is 5.75 Å². The molecule has 0 atom stereocenters. The van der Waals surface area contributed by atoms with E-state index >= 15 is 0 Å². The molecule has 0 N–H and O–H groups in total. The summed E-state index contributed by atoms with van der Waals surface area (Å²) in [5.41, 5.74) is 3.27. The number of unbranched alkanes of at least 4 members (excludes halogenated alkanes) is 2. The van der Waals surface area contributed by atoms with Crippen molar-refractivity contribution in [2.75, 3.05) is 0 Å². The maximum atomic E-state index is 11.8. The molecule has 0 fully saturated rings. The third-order valence-electron chi connectivity index (χ3n) is 4.70. The SMILES string of the molecule is CC/C=C\CC(=O)Oc1ccc(-c2ccc(-c3nnc(CCCCC)s3)cc2)cc1. The maximum absolute atomic E-state index is 11.8. The first-order valence-corrected chi connectivity index (χ1v) is 11.4. The number of hydrogen-bond donors (Lipinski definition) is 0. The van der Waals surface area contributed by atoms with E-state index in [0.29, 0.717) is 12.2 Å². The summed E-state index contributed by atoms with van der Waals surface area (Å²) in [6.07, 6.45) is 9.64. The Bertz CT molecular complexity index is 960. The van der Waals surface area contributed by atoms with Crippen LogP contribution in [0.4, 0.5) is 0 Å². The van der Waals surface area contributed by atoms with Crippen LogP contribution in [-0.4, -0.2) is 16.2 Å². The zero-order valence-electron chi connectivity index (χ0n) is 17.6. The van der Waals surface area contributed by atoms with Crippen molar-refractivity contribution in [2.24, 2.45) is 0 Å². The molecule has 0 radical (unpaired) electrons. The maximum Gasteiger partial charge on any atom is 0.315 e. The van der Waals surface area contributed by atoms with Crippen LogP contribution in [0.1, 0.15) is 51.0 Å². The van der Waals surface area contributed by atoms with Crippen LogP contribution in [0.25, 0.3) is 21.7 Å². The van der Waals surface area contributed by atoms with Gasteiger partial charge >= 0.3 is 5.97 Å². The number of carbonyl (C=O) groups is 1. The Balaban J connectivity index is 1.60. The van der Waals surface area contributed by atoms with Gasteiger partial charge in [-0.15, -0.1) is 10.2 Å². The molecule has 1 aromatic heterocycles. The van der Waals surface area contributed by atoms with Gasteiger partial charge in [-0.2, -0.15) is 0 Å². The summed E-state index contributed by atoms with van der Waals surface area (Å²) >= 11 is 1.68. The minimum atomic E-state index is -0.247. The van der Waals surface area contributed by atoms with Crippen molar-refractivity contribution in [1.82, 2.24) is 10.2 Å². The third kappa shape index (κ3) is 6.36. The summed E-state index contributed by atoms with van der Waals surface area (Å²) in [5.74, 6) is 0.317. The van der Waals surface area contributed by atoms with Crippen LogP contribution in [0.3, 0.4) is 0 Å². The van der Waals surface area contributed by atoms with Crippen molar-refractivity contribution in [1.29, 1.82) is 0 Å². The highest BCUT2D eigenvalue weighted by Gasteiger charge is 2.08. The molecule has 156 valence electrons. The normalized spacial score (nSPS) is 11.1. The molecule has 0 saturated heterocycles. The lowest BCUT2D eigenvalue weighted by molar-refractivity contribution is -0.133. The second-order valence-electron chi connectivity index (χ2n) is 7.12. The van der Waals surface area contributed by atoms with Crippen molar-refractivity contribution in [3.63, 3.8) is 0 Å². The van der Waals surface area contributed by atoms with Gasteiger partial charge in [-0.25, -0.2) is 0 Å². The first kappa shape index (κ1) is 21.9. The summed E-state index contributed by atoms with van der Waals surface area (Å²) < 4.78 is 5.36. The smallest absolute Gasteiger partial charge is 0.315 e. The number of aromatic nitrogens is 2. The van der Waals surface area contributed by atoms with Gasteiger partial charge in [0.05, 0.1) is 6.42 Å². The number of aryl methyl sites for hydroxylation is 1. The van der Waals surface area contributed by atoms with Crippen LogP contribution in [0.2, 0.25) is 0 Å². The Morgan fingerprint density at radius 3 is 2.23 bits per heavy atom. The number of carbonyl (C=O) groups excluding carboxylic acids is 1. The molecule has 3 aromatic rings. The zero-order valence-corrected chi connectivity index (χ0v) is 18.5. The van der Waals surface area contributed by atoms with E-state index in [1.807, 2.05) is 43.3 Å². The van der Waals surface area contributed by atoms with Crippen LogP contribution >= 0.6 is 11.3 Å². The number of ether oxygens (including phenoxy) is 1. The molecule has 5 heteroatoms. The molecule has 1 heterocycles. The molecule has 30 heavy (non-hydrogen) atoms. The fourth-order valence-corrected chi connectivity index (χ4v) is 3.92. The second kappa shape index (κ2) is 11.4. The highest BCUT2D eigenvalue weighted by Crippen LogP contribution is 2.28. The molecule has 0 aliphatic heterocycles. The Morgan fingerprint density at radius 1 is 0.900 bits per heavy atom. The number of nitrogens with zero attached hydrogens (tertiary/aromatic N) is 2. The quantitative estimate of drug-likeness (QED) is 0.155. The van der Waals surface area contributed by atoms with Gasteiger partial charge in [0.15, 0.2) is 0 Å². The molecular formula is C25H28N2O2S. The topological polar surface area (TPSA) is 52.1 Å². The van der Waals surface area contributed by atoms with E-state index in [4.69, 9.17) is 4.74 Å². The summed E-state index contributed by atoms with van der Waals surface area (Å²) in [7, 11) is 0. The Morgan fingerprint density at radius 2 is 1.57 bits per heavy atom. The molecule has 0 spiro atoms. The molecule has 4 nitrogen and oxygen atoms in total. The minimum Gasteiger partial charge on any atom is -0.426 e. The predicted octanol–water partition coefficient (Wildman–Crippen LogP) is 6.87. The van der Waals surface area contributed by atoms with Crippen LogP contribution in [-0.2, 0) is 11.2 Å². The average Bonchev–Trinajstić information content (AvgIpc) is 3.24. The first-order chi connectivity index (χ1) is 14.7. The molecule has 3 rings (SSSR count). The fourth-order valence-electron chi connectivity index (χ4n) is 3.04. The Kier molecular flexibility index (Phi) is 8.33. The van der Waals surface area contributed by atoms with Crippen LogP contribution < -0.4 is 4.74 Å². The van der Waals surface area contributed by atoms with E-state index in [9.17, 15) is 4.79 Å². The molecular weight excluding hydrogens is 392 g/mol. The van der Waals surface area contributed by atoms with Crippen molar-refractivity contribution >= 4 is 17.3 Å². The number of esters is 1.